The predicted octanol–water partition coefficient (Wildman–Crippen LogP) is 4.60. The molecule has 0 aliphatic carbocycles. The van der Waals surface area contributed by atoms with Crippen LogP contribution in [-0.2, 0) is 11.2 Å². The second-order valence-corrected chi connectivity index (χ2v) is 7.48. The molecule has 1 unspecified atom stereocenters. The van der Waals surface area contributed by atoms with Gasteiger partial charge < -0.3 is 10.1 Å². The maximum Gasteiger partial charge on any atom is 0.220 e. The first-order valence-electron chi connectivity index (χ1n) is 10.3. The molecule has 0 saturated carbocycles. The van der Waals surface area contributed by atoms with Crippen LogP contribution in [0.25, 0.3) is 16.7 Å². The summed E-state index contributed by atoms with van der Waals surface area (Å²) in [5.74, 6) is 1.79. The minimum absolute atomic E-state index is 0.00427. The average molecular weight is 397 g/mol. The summed E-state index contributed by atoms with van der Waals surface area (Å²) in [5, 5.41) is 3.18. The first-order chi connectivity index (χ1) is 14.8. The molecule has 0 fully saturated rings. The lowest BCUT2D eigenvalue weighted by atomic mass is 10.0. The van der Waals surface area contributed by atoms with E-state index in [2.05, 4.69) is 28.1 Å². The molecule has 1 N–H and O–H groups in total. The van der Waals surface area contributed by atoms with Crippen molar-refractivity contribution in [1.29, 1.82) is 0 Å². The Morgan fingerprint density at radius 2 is 1.77 bits per heavy atom. The molecule has 1 aromatic heterocycles. The standard InChI is InChI=1S/C25H23N3O2/c29-25(27-20-16-17-30-23-13-7-4-10-19(20)23)15-14-24-26-21-11-5-6-12-22(21)28(24)18-8-2-1-3-9-18/h1-13,20H,14-17H2,(H,27,29). The van der Waals surface area contributed by atoms with E-state index < -0.39 is 0 Å². The molecule has 5 rings (SSSR count). The van der Waals surface area contributed by atoms with Gasteiger partial charge in [-0.2, -0.15) is 0 Å². The zero-order valence-electron chi connectivity index (χ0n) is 16.6. The Labute approximate surface area is 175 Å². The van der Waals surface area contributed by atoms with Crippen molar-refractivity contribution in [1.82, 2.24) is 14.9 Å². The number of carbonyl (C=O) groups is 1. The number of nitrogens with one attached hydrogen (secondary N) is 1. The van der Waals surface area contributed by atoms with Crippen molar-refractivity contribution >= 4 is 16.9 Å². The highest BCUT2D eigenvalue weighted by molar-refractivity contribution is 5.79. The van der Waals surface area contributed by atoms with Gasteiger partial charge in [-0.3, -0.25) is 9.36 Å². The molecule has 0 spiro atoms. The predicted molar refractivity (Wildman–Crippen MR) is 117 cm³/mol. The second kappa shape index (κ2) is 8.03. The van der Waals surface area contributed by atoms with Gasteiger partial charge >= 0.3 is 0 Å². The number of imidazole rings is 1. The van der Waals surface area contributed by atoms with Crippen LogP contribution in [0.15, 0.2) is 78.9 Å². The molecule has 4 aromatic rings. The van der Waals surface area contributed by atoms with Crippen molar-refractivity contribution in [3.8, 4) is 11.4 Å². The number of carbonyl (C=O) groups excluding carboxylic acids is 1. The van der Waals surface area contributed by atoms with E-state index in [9.17, 15) is 4.79 Å². The molecule has 0 saturated heterocycles. The molecule has 1 amide bonds. The van der Waals surface area contributed by atoms with Gasteiger partial charge in [0.2, 0.25) is 5.91 Å². The molecule has 2 heterocycles. The zero-order valence-corrected chi connectivity index (χ0v) is 16.6. The van der Waals surface area contributed by atoms with Crippen molar-refractivity contribution in [3.63, 3.8) is 0 Å². The second-order valence-electron chi connectivity index (χ2n) is 7.48. The normalized spacial score (nSPS) is 15.4. The molecule has 0 bridgehead atoms. The lowest BCUT2D eigenvalue weighted by molar-refractivity contribution is -0.122. The van der Waals surface area contributed by atoms with Gasteiger partial charge in [-0.15, -0.1) is 0 Å². The lowest BCUT2D eigenvalue weighted by Crippen LogP contribution is -2.32. The first-order valence-corrected chi connectivity index (χ1v) is 10.3. The van der Waals surface area contributed by atoms with Crippen LogP contribution in [0.2, 0.25) is 0 Å². The number of aryl methyl sites for hydroxylation is 1. The Hall–Kier alpha value is -3.60. The molecule has 5 nitrogen and oxygen atoms in total. The number of nitrogens with zero attached hydrogens (tertiary/aromatic N) is 2. The quantitative estimate of drug-likeness (QED) is 0.536. The molecular weight excluding hydrogens is 374 g/mol. The third-order valence-corrected chi connectivity index (χ3v) is 5.51. The highest BCUT2D eigenvalue weighted by Crippen LogP contribution is 2.31. The molecule has 0 radical (unpaired) electrons. The number of benzene rings is 3. The van der Waals surface area contributed by atoms with Crippen molar-refractivity contribution in [2.45, 2.75) is 25.3 Å². The summed E-state index contributed by atoms with van der Waals surface area (Å²) >= 11 is 0. The summed E-state index contributed by atoms with van der Waals surface area (Å²) < 4.78 is 7.84. The van der Waals surface area contributed by atoms with E-state index in [1.165, 1.54) is 0 Å². The fourth-order valence-corrected chi connectivity index (χ4v) is 4.09. The highest BCUT2D eigenvalue weighted by Gasteiger charge is 2.23. The highest BCUT2D eigenvalue weighted by atomic mass is 16.5. The van der Waals surface area contributed by atoms with E-state index >= 15 is 0 Å². The van der Waals surface area contributed by atoms with Crippen LogP contribution in [0.5, 0.6) is 5.75 Å². The largest absolute Gasteiger partial charge is 0.493 e. The Kier molecular flexibility index (Phi) is 4.93. The Morgan fingerprint density at radius 1 is 1.00 bits per heavy atom. The Balaban J connectivity index is 1.35. The minimum Gasteiger partial charge on any atom is -0.493 e. The number of fused-ring (bicyclic) bond motifs is 2. The number of amides is 1. The molecule has 3 aromatic carbocycles. The molecular formula is C25H23N3O2. The van der Waals surface area contributed by atoms with E-state index in [4.69, 9.17) is 9.72 Å². The van der Waals surface area contributed by atoms with Crippen molar-refractivity contribution in [2.24, 2.45) is 0 Å². The van der Waals surface area contributed by atoms with Crippen LogP contribution >= 0.6 is 0 Å². The number of ether oxygens (including phenoxy) is 1. The molecule has 1 aliphatic heterocycles. The monoisotopic (exact) mass is 397 g/mol. The van der Waals surface area contributed by atoms with Gasteiger partial charge in [-0.1, -0.05) is 48.5 Å². The van der Waals surface area contributed by atoms with E-state index in [0.717, 1.165) is 40.3 Å². The summed E-state index contributed by atoms with van der Waals surface area (Å²) in [6.07, 6.45) is 1.74. The van der Waals surface area contributed by atoms with Gasteiger partial charge in [-0.05, 0) is 30.3 Å². The summed E-state index contributed by atoms with van der Waals surface area (Å²) in [6.45, 7) is 0.617. The van der Waals surface area contributed by atoms with Crippen LogP contribution in [0.1, 0.15) is 30.3 Å². The fourth-order valence-electron chi connectivity index (χ4n) is 4.09. The van der Waals surface area contributed by atoms with Gasteiger partial charge in [0.1, 0.15) is 11.6 Å². The number of rotatable bonds is 5. The van der Waals surface area contributed by atoms with E-state index in [1.54, 1.807) is 0 Å². The Morgan fingerprint density at radius 3 is 2.67 bits per heavy atom. The summed E-state index contributed by atoms with van der Waals surface area (Å²) in [5.41, 5.74) is 4.10. The molecule has 150 valence electrons. The maximum atomic E-state index is 12.8. The number of hydrogen-bond donors (Lipinski definition) is 1. The zero-order chi connectivity index (χ0) is 20.3. The van der Waals surface area contributed by atoms with Crippen LogP contribution in [0.4, 0.5) is 0 Å². The third-order valence-electron chi connectivity index (χ3n) is 5.51. The van der Waals surface area contributed by atoms with E-state index in [-0.39, 0.29) is 11.9 Å². The first kappa shape index (κ1) is 18.4. The average Bonchev–Trinajstić information content (AvgIpc) is 3.17. The topological polar surface area (TPSA) is 56.2 Å². The molecule has 1 atom stereocenters. The van der Waals surface area contributed by atoms with Crippen LogP contribution in [0, 0.1) is 0 Å². The van der Waals surface area contributed by atoms with Gasteiger partial charge in [0.05, 0.1) is 23.7 Å². The van der Waals surface area contributed by atoms with Crippen LogP contribution in [0.3, 0.4) is 0 Å². The lowest BCUT2D eigenvalue weighted by Gasteiger charge is -2.26. The van der Waals surface area contributed by atoms with Gasteiger partial charge in [0, 0.05) is 30.5 Å². The fraction of sp³-hybridized carbons (Fsp3) is 0.200. The number of hydrogen-bond acceptors (Lipinski definition) is 3. The summed E-state index contributed by atoms with van der Waals surface area (Å²) in [7, 11) is 0. The SMILES string of the molecule is O=C(CCc1nc2ccccc2n1-c1ccccc1)NC1CCOc2ccccc21. The van der Waals surface area contributed by atoms with Crippen molar-refractivity contribution in [3.05, 3.63) is 90.3 Å². The summed E-state index contributed by atoms with van der Waals surface area (Å²) in [4.78, 5) is 17.6. The Bertz CT molecular complexity index is 1180. The summed E-state index contributed by atoms with van der Waals surface area (Å²) in [6, 6.07) is 26.2. The molecule has 30 heavy (non-hydrogen) atoms. The van der Waals surface area contributed by atoms with Crippen LogP contribution in [-0.4, -0.2) is 22.1 Å². The smallest absolute Gasteiger partial charge is 0.220 e. The number of aromatic nitrogens is 2. The molecule has 1 aliphatic rings. The maximum absolute atomic E-state index is 12.8. The molecule has 5 heteroatoms. The third kappa shape index (κ3) is 3.54. The number of para-hydroxylation sites is 4. The van der Waals surface area contributed by atoms with Crippen LogP contribution < -0.4 is 10.1 Å². The van der Waals surface area contributed by atoms with Gasteiger partial charge in [0.15, 0.2) is 0 Å². The minimum atomic E-state index is -0.00427. The van der Waals surface area contributed by atoms with Crippen molar-refractivity contribution in [2.75, 3.05) is 6.61 Å². The van der Waals surface area contributed by atoms with Crippen molar-refractivity contribution < 1.29 is 9.53 Å². The van der Waals surface area contributed by atoms with E-state index in [0.29, 0.717) is 19.4 Å². The van der Waals surface area contributed by atoms with E-state index in [1.807, 2.05) is 60.7 Å². The van der Waals surface area contributed by atoms with Gasteiger partial charge in [0.25, 0.3) is 0 Å². The van der Waals surface area contributed by atoms with Gasteiger partial charge in [-0.25, -0.2) is 4.98 Å².